The van der Waals surface area contributed by atoms with Crippen LogP contribution in [-0.2, 0) is 6.54 Å². The van der Waals surface area contributed by atoms with Crippen molar-refractivity contribution < 1.29 is 4.39 Å². The zero-order valence-corrected chi connectivity index (χ0v) is 11.5. The molecule has 0 saturated carbocycles. The predicted octanol–water partition coefficient (Wildman–Crippen LogP) is 3.51. The van der Waals surface area contributed by atoms with Gasteiger partial charge in [-0.2, -0.15) is 0 Å². The Morgan fingerprint density at radius 3 is 2.89 bits per heavy atom. The summed E-state index contributed by atoms with van der Waals surface area (Å²) in [7, 11) is 0. The number of aromatic nitrogens is 3. The van der Waals surface area contributed by atoms with Crippen molar-refractivity contribution in [2.24, 2.45) is 0 Å². The molecule has 0 aliphatic rings. The lowest BCUT2D eigenvalue weighted by molar-refractivity contribution is 0.600. The SMILES string of the molecule is CC(Cl)c1cn(CCSc2ccccc2F)nn1. The van der Waals surface area contributed by atoms with E-state index in [4.69, 9.17) is 11.6 Å². The van der Waals surface area contributed by atoms with Crippen molar-refractivity contribution >= 4 is 23.4 Å². The molecule has 0 spiro atoms. The summed E-state index contributed by atoms with van der Waals surface area (Å²) in [6, 6.07) is 6.75. The molecule has 1 unspecified atom stereocenters. The largest absolute Gasteiger partial charge is 0.251 e. The van der Waals surface area contributed by atoms with Crippen LogP contribution in [0.1, 0.15) is 18.0 Å². The molecule has 1 heterocycles. The molecule has 18 heavy (non-hydrogen) atoms. The summed E-state index contributed by atoms with van der Waals surface area (Å²) in [4.78, 5) is 0.656. The second kappa shape index (κ2) is 6.20. The maximum atomic E-state index is 13.4. The van der Waals surface area contributed by atoms with Gasteiger partial charge < -0.3 is 0 Å². The van der Waals surface area contributed by atoms with Crippen LogP contribution in [0.5, 0.6) is 0 Å². The van der Waals surface area contributed by atoms with E-state index in [1.807, 2.05) is 19.2 Å². The fourth-order valence-corrected chi connectivity index (χ4v) is 2.39. The highest BCUT2D eigenvalue weighted by Gasteiger charge is 2.07. The Bertz CT molecular complexity index is 516. The van der Waals surface area contributed by atoms with E-state index in [2.05, 4.69) is 10.3 Å². The van der Waals surface area contributed by atoms with Gasteiger partial charge >= 0.3 is 0 Å². The number of hydrogen-bond donors (Lipinski definition) is 0. The van der Waals surface area contributed by atoms with Gasteiger partial charge in [0.25, 0.3) is 0 Å². The van der Waals surface area contributed by atoms with Gasteiger partial charge in [0.1, 0.15) is 11.5 Å². The zero-order valence-electron chi connectivity index (χ0n) is 9.88. The maximum absolute atomic E-state index is 13.4. The Morgan fingerprint density at radius 1 is 1.44 bits per heavy atom. The molecule has 0 fully saturated rings. The molecule has 1 aromatic heterocycles. The van der Waals surface area contributed by atoms with Crippen LogP contribution in [0.15, 0.2) is 35.4 Å². The molecular formula is C12H13ClFN3S. The number of nitrogens with zero attached hydrogens (tertiary/aromatic N) is 3. The Hall–Kier alpha value is -1.07. The van der Waals surface area contributed by atoms with Crippen molar-refractivity contribution in [2.45, 2.75) is 23.7 Å². The highest BCUT2D eigenvalue weighted by molar-refractivity contribution is 7.99. The van der Waals surface area contributed by atoms with Crippen LogP contribution in [0.25, 0.3) is 0 Å². The summed E-state index contributed by atoms with van der Waals surface area (Å²) < 4.78 is 15.1. The molecule has 0 aliphatic heterocycles. The van der Waals surface area contributed by atoms with Gasteiger partial charge in [-0.05, 0) is 19.1 Å². The van der Waals surface area contributed by atoms with Crippen molar-refractivity contribution in [2.75, 3.05) is 5.75 Å². The number of aryl methyl sites for hydroxylation is 1. The third-order valence-corrected chi connectivity index (χ3v) is 3.63. The minimum Gasteiger partial charge on any atom is -0.251 e. The molecule has 2 rings (SSSR count). The molecule has 1 atom stereocenters. The number of benzene rings is 1. The van der Waals surface area contributed by atoms with E-state index in [0.717, 1.165) is 11.4 Å². The fraction of sp³-hybridized carbons (Fsp3) is 0.333. The zero-order chi connectivity index (χ0) is 13.0. The number of alkyl halides is 1. The average Bonchev–Trinajstić information content (AvgIpc) is 2.80. The van der Waals surface area contributed by atoms with Crippen LogP contribution < -0.4 is 0 Å². The summed E-state index contributed by atoms with van der Waals surface area (Å²) in [5.74, 6) is 0.552. The first-order valence-corrected chi connectivity index (χ1v) is 7.00. The molecule has 1 aromatic carbocycles. The van der Waals surface area contributed by atoms with Crippen molar-refractivity contribution in [3.05, 3.63) is 42.0 Å². The Labute approximate surface area is 114 Å². The molecule has 2 aromatic rings. The van der Waals surface area contributed by atoms with E-state index in [0.29, 0.717) is 11.4 Å². The Balaban J connectivity index is 1.87. The number of hydrogen-bond acceptors (Lipinski definition) is 3. The molecule has 3 nitrogen and oxygen atoms in total. The Kier molecular flexibility index (Phi) is 4.60. The smallest absolute Gasteiger partial charge is 0.136 e. The average molecular weight is 286 g/mol. The third kappa shape index (κ3) is 3.46. The summed E-state index contributed by atoms with van der Waals surface area (Å²) >= 11 is 7.36. The maximum Gasteiger partial charge on any atom is 0.136 e. The monoisotopic (exact) mass is 285 g/mol. The second-order valence-corrected chi connectivity index (χ2v) is 5.59. The molecule has 0 saturated heterocycles. The van der Waals surface area contributed by atoms with Gasteiger partial charge in [-0.15, -0.1) is 28.5 Å². The fourth-order valence-electron chi connectivity index (χ4n) is 1.42. The van der Waals surface area contributed by atoms with Crippen LogP contribution >= 0.6 is 23.4 Å². The topological polar surface area (TPSA) is 30.7 Å². The van der Waals surface area contributed by atoms with Crippen LogP contribution in [0, 0.1) is 5.82 Å². The lowest BCUT2D eigenvalue weighted by atomic mass is 10.3. The summed E-state index contributed by atoms with van der Waals surface area (Å²) in [6.07, 6.45) is 1.82. The molecule has 6 heteroatoms. The number of thioether (sulfide) groups is 1. The van der Waals surface area contributed by atoms with Gasteiger partial charge in [0.15, 0.2) is 0 Å². The molecule has 0 bridgehead atoms. The molecule has 0 N–H and O–H groups in total. The summed E-state index contributed by atoms with van der Waals surface area (Å²) in [5.41, 5.74) is 0.757. The lowest BCUT2D eigenvalue weighted by Gasteiger charge is -2.02. The van der Waals surface area contributed by atoms with Crippen LogP contribution in [0.3, 0.4) is 0 Å². The first kappa shape index (κ1) is 13.4. The van der Waals surface area contributed by atoms with E-state index in [-0.39, 0.29) is 11.2 Å². The van der Waals surface area contributed by atoms with Crippen molar-refractivity contribution in [3.63, 3.8) is 0 Å². The highest BCUT2D eigenvalue weighted by Crippen LogP contribution is 2.21. The van der Waals surface area contributed by atoms with Crippen molar-refractivity contribution in [1.82, 2.24) is 15.0 Å². The summed E-state index contributed by atoms with van der Waals surface area (Å²) in [5, 5.41) is 7.78. The molecule has 0 aliphatic carbocycles. The van der Waals surface area contributed by atoms with Gasteiger partial charge in [-0.3, -0.25) is 4.68 Å². The predicted molar refractivity (Wildman–Crippen MR) is 71.4 cm³/mol. The standard InChI is InChI=1S/C12H13ClFN3S/c1-9(13)11-8-17(16-15-11)6-7-18-12-5-3-2-4-10(12)14/h2-5,8-9H,6-7H2,1H3. The van der Waals surface area contributed by atoms with Gasteiger partial charge in [0, 0.05) is 16.8 Å². The lowest BCUT2D eigenvalue weighted by Crippen LogP contribution is -2.01. The van der Waals surface area contributed by atoms with Gasteiger partial charge in [-0.25, -0.2) is 4.39 Å². The van der Waals surface area contributed by atoms with E-state index in [1.54, 1.807) is 16.8 Å². The molecule has 96 valence electrons. The van der Waals surface area contributed by atoms with Crippen molar-refractivity contribution in [1.29, 1.82) is 0 Å². The first-order chi connectivity index (χ1) is 8.66. The molecule has 0 radical (unpaired) electrons. The minimum atomic E-state index is -0.184. The van der Waals surface area contributed by atoms with E-state index in [9.17, 15) is 4.39 Å². The van der Waals surface area contributed by atoms with E-state index in [1.165, 1.54) is 17.8 Å². The highest BCUT2D eigenvalue weighted by atomic mass is 35.5. The molecule has 0 amide bonds. The number of rotatable bonds is 5. The quantitative estimate of drug-likeness (QED) is 0.622. The second-order valence-electron chi connectivity index (χ2n) is 3.80. The Morgan fingerprint density at radius 2 is 2.22 bits per heavy atom. The first-order valence-electron chi connectivity index (χ1n) is 5.58. The van der Waals surface area contributed by atoms with Crippen LogP contribution in [0.4, 0.5) is 4.39 Å². The van der Waals surface area contributed by atoms with Gasteiger partial charge in [0.05, 0.1) is 11.9 Å². The number of halogens is 2. The van der Waals surface area contributed by atoms with E-state index >= 15 is 0 Å². The van der Waals surface area contributed by atoms with Gasteiger partial charge in [-0.1, -0.05) is 17.3 Å². The molecular weight excluding hydrogens is 273 g/mol. The third-order valence-electron chi connectivity index (χ3n) is 2.38. The van der Waals surface area contributed by atoms with E-state index < -0.39 is 0 Å². The summed E-state index contributed by atoms with van der Waals surface area (Å²) in [6.45, 7) is 2.53. The normalized spacial score (nSPS) is 12.6. The minimum absolute atomic E-state index is 0.141. The van der Waals surface area contributed by atoms with Crippen molar-refractivity contribution in [3.8, 4) is 0 Å². The van der Waals surface area contributed by atoms with Crippen LogP contribution in [0.2, 0.25) is 0 Å². The van der Waals surface area contributed by atoms with Gasteiger partial charge in [0.2, 0.25) is 0 Å². The van der Waals surface area contributed by atoms with Crippen LogP contribution in [-0.4, -0.2) is 20.7 Å².